The topological polar surface area (TPSA) is 76.1 Å². The summed E-state index contributed by atoms with van der Waals surface area (Å²) in [7, 11) is 1.60. The lowest BCUT2D eigenvalue weighted by Crippen LogP contribution is -2.56. The van der Waals surface area contributed by atoms with Crippen LogP contribution in [-0.2, 0) is 9.53 Å². The first kappa shape index (κ1) is 18.7. The van der Waals surface area contributed by atoms with Gasteiger partial charge in [0.05, 0.1) is 6.10 Å². The first-order chi connectivity index (χ1) is 12.5. The largest absolute Gasteiger partial charge is 0.491 e. The summed E-state index contributed by atoms with van der Waals surface area (Å²) in [5.41, 5.74) is -0.660. The molecule has 1 saturated heterocycles. The van der Waals surface area contributed by atoms with E-state index in [2.05, 4.69) is 0 Å². The van der Waals surface area contributed by atoms with Crippen LogP contribution in [0, 0.1) is 0 Å². The smallest absolute Gasteiger partial charge is 0.329 e. The summed E-state index contributed by atoms with van der Waals surface area (Å²) >= 11 is 0. The maximum absolute atomic E-state index is 12.9. The second-order valence-electron chi connectivity index (χ2n) is 7.24. The van der Waals surface area contributed by atoms with Gasteiger partial charge < -0.3 is 19.5 Å². The fraction of sp³-hybridized carbons (Fsp3) is 0.600. The number of carboxylic acids is 1. The van der Waals surface area contributed by atoms with E-state index in [9.17, 15) is 14.7 Å². The van der Waals surface area contributed by atoms with Crippen LogP contribution in [0.5, 0.6) is 5.75 Å². The van der Waals surface area contributed by atoms with Gasteiger partial charge in [0.2, 0.25) is 0 Å². The van der Waals surface area contributed by atoms with Gasteiger partial charge in [-0.2, -0.15) is 0 Å². The molecular weight excluding hydrogens is 334 g/mol. The highest BCUT2D eigenvalue weighted by molar-refractivity contribution is 5.98. The molecule has 0 radical (unpaired) electrons. The summed E-state index contributed by atoms with van der Waals surface area (Å²) < 4.78 is 11.3. The minimum atomic E-state index is -1.11. The number of benzene rings is 1. The zero-order valence-corrected chi connectivity index (χ0v) is 15.3. The number of hydrogen-bond acceptors (Lipinski definition) is 4. The lowest BCUT2D eigenvalue weighted by molar-refractivity contribution is -0.151. The van der Waals surface area contributed by atoms with E-state index in [1.54, 1.807) is 31.3 Å². The molecule has 2 fully saturated rings. The summed E-state index contributed by atoms with van der Waals surface area (Å²) in [6.45, 7) is 1.24. The lowest BCUT2D eigenvalue weighted by Gasteiger charge is -2.41. The summed E-state index contributed by atoms with van der Waals surface area (Å²) in [5.74, 6) is -0.594. The Morgan fingerprint density at radius 2 is 2.04 bits per heavy atom. The van der Waals surface area contributed by atoms with Crippen LogP contribution >= 0.6 is 0 Å². The Morgan fingerprint density at radius 3 is 2.69 bits per heavy atom. The Balaban J connectivity index is 1.71. The van der Waals surface area contributed by atoms with Crippen LogP contribution in [0.4, 0.5) is 0 Å². The Labute approximate surface area is 154 Å². The fourth-order valence-corrected chi connectivity index (χ4v) is 3.90. The molecule has 26 heavy (non-hydrogen) atoms. The average Bonchev–Trinajstić information content (AvgIpc) is 3.19. The summed E-state index contributed by atoms with van der Waals surface area (Å²) in [4.78, 5) is 26.3. The van der Waals surface area contributed by atoms with Crippen LogP contribution in [0.15, 0.2) is 24.3 Å². The second-order valence-corrected chi connectivity index (χ2v) is 7.24. The van der Waals surface area contributed by atoms with Crippen LogP contribution in [0.1, 0.15) is 55.3 Å². The van der Waals surface area contributed by atoms with E-state index in [-0.39, 0.29) is 12.0 Å². The van der Waals surface area contributed by atoms with Crippen LogP contribution in [0.2, 0.25) is 0 Å². The third-order valence-electron chi connectivity index (χ3n) is 5.57. The van der Waals surface area contributed by atoms with Crippen molar-refractivity contribution in [2.75, 3.05) is 20.3 Å². The molecule has 6 heteroatoms. The normalized spacial score (nSPS) is 22.0. The number of rotatable bonds is 6. The van der Waals surface area contributed by atoms with E-state index in [4.69, 9.17) is 9.47 Å². The first-order valence-electron chi connectivity index (χ1n) is 9.39. The molecule has 0 aromatic heterocycles. The number of carbonyl (C=O) groups is 2. The Bertz CT molecular complexity index is 647. The van der Waals surface area contributed by atoms with Crippen molar-refractivity contribution >= 4 is 11.9 Å². The maximum Gasteiger partial charge on any atom is 0.329 e. The van der Waals surface area contributed by atoms with Crippen molar-refractivity contribution in [3.63, 3.8) is 0 Å². The zero-order chi connectivity index (χ0) is 18.6. The van der Waals surface area contributed by atoms with E-state index in [0.717, 1.165) is 38.7 Å². The van der Waals surface area contributed by atoms with E-state index in [0.29, 0.717) is 30.8 Å². The predicted octanol–water partition coefficient (Wildman–Crippen LogP) is 3.10. The van der Waals surface area contributed by atoms with Crippen molar-refractivity contribution in [3.8, 4) is 5.75 Å². The number of ether oxygens (including phenoxy) is 2. The van der Waals surface area contributed by atoms with Crippen LogP contribution in [0.25, 0.3) is 0 Å². The molecule has 142 valence electrons. The molecule has 1 amide bonds. The summed E-state index contributed by atoms with van der Waals surface area (Å²) in [6.07, 6.45) is 5.82. The molecule has 0 bridgehead atoms. The van der Waals surface area contributed by atoms with E-state index in [1.165, 1.54) is 4.90 Å². The molecule has 1 aromatic rings. The van der Waals surface area contributed by atoms with Gasteiger partial charge in [0.1, 0.15) is 17.9 Å². The molecule has 1 saturated carbocycles. The van der Waals surface area contributed by atoms with Crippen molar-refractivity contribution < 1.29 is 24.2 Å². The molecule has 0 spiro atoms. The summed E-state index contributed by atoms with van der Waals surface area (Å²) in [5, 5.41) is 9.78. The third-order valence-corrected chi connectivity index (χ3v) is 5.57. The van der Waals surface area contributed by atoms with Gasteiger partial charge in [-0.05, 0) is 43.9 Å². The Kier molecular flexibility index (Phi) is 5.81. The van der Waals surface area contributed by atoms with Gasteiger partial charge in [-0.15, -0.1) is 0 Å². The molecular formula is C20H27NO5. The lowest BCUT2D eigenvalue weighted by atomic mass is 9.80. The number of amides is 1. The number of hydrogen-bond donors (Lipinski definition) is 1. The van der Waals surface area contributed by atoms with E-state index in [1.807, 2.05) is 0 Å². The number of carbonyl (C=O) groups excluding carboxylic acids is 1. The highest BCUT2D eigenvalue weighted by Gasteiger charge is 2.45. The second kappa shape index (κ2) is 8.08. The van der Waals surface area contributed by atoms with Gasteiger partial charge in [0.25, 0.3) is 5.91 Å². The summed E-state index contributed by atoms with van der Waals surface area (Å²) in [6, 6.07) is 6.96. The Hall–Kier alpha value is -2.08. The first-order valence-corrected chi connectivity index (χ1v) is 9.39. The van der Waals surface area contributed by atoms with Crippen LogP contribution in [0.3, 0.4) is 0 Å². The van der Waals surface area contributed by atoms with E-state index < -0.39 is 11.5 Å². The molecule has 1 heterocycles. The van der Waals surface area contributed by atoms with Gasteiger partial charge in [-0.3, -0.25) is 4.79 Å². The van der Waals surface area contributed by atoms with Gasteiger partial charge in [0.15, 0.2) is 0 Å². The van der Waals surface area contributed by atoms with Crippen molar-refractivity contribution in [2.24, 2.45) is 0 Å². The van der Waals surface area contributed by atoms with Crippen molar-refractivity contribution in [2.45, 2.75) is 56.6 Å². The number of aliphatic carboxylic acids is 1. The molecule has 6 nitrogen and oxygen atoms in total. The fourth-order valence-electron chi connectivity index (χ4n) is 3.90. The van der Waals surface area contributed by atoms with Gasteiger partial charge in [-0.1, -0.05) is 25.3 Å². The highest BCUT2D eigenvalue weighted by Crippen LogP contribution is 2.34. The standard InChI is InChI=1S/C20H27NO5/c1-21(20(19(23)24)10-3-2-4-11-20)18(22)15-7-5-8-16(13-15)26-14-17-9-6-12-25-17/h5,7-8,13,17H,2-4,6,9-12,14H2,1H3,(H,23,24). The molecule has 1 aliphatic heterocycles. The van der Waals surface area contributed by atoms with E-state index >= 15 is 0 Å². The third kappa shape index (κ3) is 3.85. The predicted molar refractivity (Wildman–Crippen MR) is 96.5 cm³/mol. The van der Waals surface area contributed by atoms with Crippen molar-refractivity contribution in [1.29, 1.82) is 0 Å². The van der Waals surface area contributed by atoms with Gasteiger partial charge in [0, 0.05) is 19.2 Å². The Morgan fingerprint density at radius 1 is 1.27 bits per heavy atom. The minimum Gasteiger partial charge on any atom is -0.491 e. The van der Waals surface area contributed by atoms with Crippen molar-refractivity contribution in [1.82, 2.24) is 4.90 Å². The SMILES string of the molecule is CN(C(=O)c1cccc(OCC2CCCO2)c1)C1(C(=O)O)CCCCC1. The average molecular weight is 361 g/mol. The number of likely N-dealkylation sites (N-methyl/N-ethyl adjacent to an activating group) is 1. The number of carboxylic acid groups (broad SMARTS) is 1. The minimum absolute atomic E-state index is 0.106. The van der Waals surface area contributed by atoms with Crippen LogP contribution in [-0.4, -0.2) is 53.8 Å². The zero-order valence-electron chi connectivity index (χ0n) is 15.3. The van der Waals surface area contributed by atoms with Gasteiger partial charge >= 0.3 is 5.97 Å². The highest BCUT2D eigenvalue weighted by atomic mass is 16.5. The quantitative estimate of drug-likeness (QED) is 0.842. The molecule has 1 aliphatic carbocycles. The molecule has 1 unspecified atom stereocenters. The molecule has 1 atom stereocenters. The van der Waals surface area contributed by atoms with Gasteiger partial charge in [-0.25, -0.2) is 4.79 Å². The molecule has 3 rings (SSSR count). The molecule has 2 aliphatic rings. The number of nitrogens with zero attached hydrogens (tertiary/aromatic N) is 1. The van der Waals surface area contributed by atoms with Crippen LogP contribution < -0.4 is 4.74 Å². The molecule has 1 N–H and O–H groups in total. The molecule has 1 aromatic carbocycles. The maximum atomic E-state index is 12.9. The van der Waals surface area contributed by atoms with Crippen molar-refractivity contribution in [3.05, 3.63) is 29.8 Å². The monoisotopic (exact) mass is 361 g/mol.